The van der Waals surface area contributed by atoms with E-state index in [1.807, 2.05) is 4.98 Å². The van der Waals surface area contributed by atoms with Crippen molar-refractivity contribution in [3.05, 3.63) is 62.4 Å². The fourth-order valence-electron chi connectivity index (χ4n) is 2.25. The number of aromatic nitrogens is 2. The molecule has 2 heterocycles. The van der Waals surface area contributed by atoms with E-state index >= 15 is 0 Å². The van der Waals surface area contributed by atoms with Gasteiger partial charge in [-0.15, -0.1) is 0 Å². The van der Waals surface area contributed by atoms with Crippen LogP contribution in [0, 0.1) is 0 Å². The maximum Gasteiger partial charge on any atom is 0.342 e. The number of carbonyl (C=O) groups is 1. The Morgan fingerprint density at radius 3 is 2.85 bits per heavy atom. The Hall–Kier alpha value is -2.83. The highest BCUT2D eigenvalue weighted by Gasteiger charge is 2.27. The van der Waals surface area contributed by atoms with Crippen LogP contribution in [0.3, 0.4) is 0 Å². The molecule has 0 bridgehead atoms. The molecule has 20 heavy (non-hydrogen) atoms. The van der Waals surface area contributed by atoms with Gasteiger partial charge in [-0.3, -0.25) is 14.3 Å². The van der Waals surface area contributed by atoms with Crippen LogP contribution in [0.2, 0.25) is 0 Å². The molecule has 1 unspecified atom stereocenters. The van der Waals surface area contributed by atoms with Crippen LogP contribution in [0.5, 0.6) is 5.75 Å². The van der Waals surface area contributed by atoms with Crippen LogP contribution < -0.4 is 16.0 Å². The summed E-state index contributed by atoms with van der Waals surface area (Å²) in [4.78, 5) is 36.3. The normalized spacial score (nSPS) is 16.5. The van der Waals surface area contributed by atoms with Crippen molar-refractivity contribution in [2.45, 2.75) is 6.04 Å². The smallest absolute Gasteiger partial charge is 0.342 e. The van der Waals surface area contributed by atoms with E-state index in [0.29, 0.717) is 5.75 Å². The Morgan fingerprint density at radius 2 is 2.10 bits per heavy atom. The highest BCUT2D eigenvalue weighted by molar-refractivity contribution is 5.86. The van der Waals surface area contributed by atoms with Crippen molar-refractivity contribution >= 4 is 5.97 Å². The first-order chi connectivity index (χ1) is 9.58. The van der Waals surface area contributed by atoms with Crippen molar-refractivity contribution in [1.29, 1.82) is 0 Å². The van der Waals surface area contributed by atoms with E-state index in [1.165, 1.54) is 4.57 Å². The third-order valence-electron chi connectivity index (χ3n) is 3.21. The first-order valence-electron chi connectivity index (χ1n) is 5.88. The number of nitrogens with one attached hydrogen (secondary N) is 1. The summed E-state index contributed by atoms with van der Waals surface area (Å²) < 4.78 is 6.63. The molecule has 2 aromatic rings. The third kappa shape index (κ3) is 1.80. The molecule has 102 valence electrons. The van der Waals surface area contributed by atoms with Crippen molar-refractivity contribution in [2.24, 2.45) is 0 Å². The fourth-order valence-corrected chi connectivity index (χ4v) is 2.25. The van der Waals surface area contributed by atoms with Gasteiger partial charge in [0, 0.05) is 11.8 Å². The highest BCUT2D eigenvalue weighted by Crippen LogP contribution is 2.33. The second kappa shape index (κ2) is 4.37. The molecule has 1 aliphatic rings. The maximum absolute atomic E-state index is 11.9. The molecule has 1 aromatic heterocycles. The van der Waals surface area contributed by atoms with Crippen LogP contribution in [0.1, 0.15) is 22.0 Å². The minimum atomic E-state index is -1.38. The van der Waals surface area contributed by atoms with Crippen molar-refractivity contribution < 1.29 is 14.6 Å². The van der Waals surface area contributed by atoms with Gasteiger partial charge in [0.05, 0.1) is 0 Å². The van der Waals surface area contributed by atoms with E-state index in [4.69, 9.17) is 9.84 Å². The molecule has 0 aliphatic carbocycles. The predicted molar refractivity (Wildman–Crippen MR) is 68.4 cm³/mol. The van der Waals surface area contributed by atoms with E-state index in [-0.39, 0.29) is 6.61 Å². The van der Waals surface area contributed by atoms with Crippen molar-refractivity contribution in [3.63, 3.8) is 0 Å². The SMILES string of the molecule is O=C(O)c1cn(C2COc3ccccc32)c(=O)[nH]c1=O. The lowest BCUT2D eigenvalue weighted by atomic mass is 10.1. The zero-order chi connectivity index (χ0) is 14.3. The van der Waals surface area contributed by atoms with Gasteiger partial charge in [-0.25, -0.2) is 9.59 Å². The van der Waals surface area contributed by atoms with Crippen LogP contribution in [0.15, 0.2) is 40.1 Å². The summed E-state index contributed by atoms with van der Waals surface area (Å²) in [6, 6.07) is 6.72. The second-order valence-corrected chi connectivity index (χ2v) is 4.38. The largest absolute Gasteiger partial charge is 0.491 e. The number of carboxylic acids is 1. The number of rotatable bonds is 2. The maximum atomic E-state index is 11.9. The molecule has 0 saturated heterocycles. The molecule has 7 heteroatoms. The van der Waals surface area contributed by atoms with Crippen LogP contribution in [-0.4, -0.2) is 27.2 Å². The minimum absolute atomic E-state index is 0.213. The number of aromatic amines is 1. The van der Waals surface area contributed by atoms with E-state index in [9.17, 15) is 14.4 Å². The summed E-state index contributed by atoms with van der Waals surface area (Å²) in [5.74, 6) is -0.736. The van der Waals surface area contributed by atoms with Gasteiger partial charge in [0.15, 0.2) is 0 Å². The predicted octanol–water partition coefficient (Wildman–Crippen LogP) is 0.217. The lowest BCUT2D eigenvalue weighted by Crippen LogP contribution is -2.36. The number of H-pyrrole nitrogens is 1. The summed E-state index contributed by atoms with van der Waals surface area (Å²) in [6.45, 7) is 0.213. The van der Waals surface area contributed by atoms with E-state index < -0.39 is 28.8 Å². The molecular weight excluding hydrogens is 264 g/mol. The molecule has 0 fully saturated rings. The number of hydrogen-bond donors (Lipinski definition) is 2. The summed E-state index contributed by atoms with van der Waals surface area (Å²) in [5.41, 5.74) is -1.27. The number of benzene rings is 1. The Bertz CT molecular complexity index is 805. The standard InChI is InChI=1S/C13H10N2O5/c16-11-8(12(17)18)5-15(13(19)14-11)9-6-20-10-4-2-1-3-7(9)10/h1-5,9H,6H2,(H,17,18)(H,14,16,19). The molecular formula is C13H10N2O5. The van der Waals surface area contributed by atoms with Crippen LogP contribution in [-0.2, 0) is 0 Å². The molecule has 2 N–H and O–H groups in total. The van der Waals surface area contributed by atoms with Gasteiger partial charge in [0.25, 0.3) is 5.56 Å². The Balaban J connectivity index is 2.17. The van der Waals surface area contributed by atoms with Crippen LogP contribution >= 0.6 is 0 Å². The zero-order valence-corrected chi connectivity index (χ0v) is 10.2. The van der Waals surface area contributed by atoms with Gasteiger partial charge in [-0.2, -0.15) is 0 Å². The Morgan fingerprint density at radius 1 is 1.35 bits per heavy atom. The van der Waals surface area contributed by atoms with Gasteiger partial charge in [-0.1, -0.05) is 18.2 Å². The fraction of sp³-hybridized carbons (Fsp3) is 0.154. The van der Waals surface area contributed by atoms with Gasteiger partial charge in [0.2, 0.25) is 0 Å². The third-order valence-corrected chi connectivity index (χ3v) is 3.21. The molecule has 1 aliphatic heterocycles. The molecule has 0 amide bonds. The van der Waals surface area contributed by atoms with Gasteiger partial charge in [-0.05, 0) is 6.07 Å². The first-order valence-corrected chi connectivity index (χ1v) is 5.88. The average molecular weight is 274 g/mol. The number of para-hydroxylation sites is 1. The zero-order valence-electron chi connectivity index (χ0n) is 10.2. The molecule has 0 saturated carbocycles. The number of hydrogen-bond acceptors (Lipinski definition) is 4. The van der Waals surface area contributed by atoms with Gasteiger partial charge >= 0.3 is 11.7 Å². The number of ether oxygens (including phenoxy) is 1. The molecule has 1 atom stereocenters. The Labute approximate surface area is 112 Å². The van der Waals surface area contributed by atoms with Crippen molar-refractivity contribution in [1.82, 2.24) is 9.55 Å². The first kappa shape index (κ1) is 12.2. The van der Waals surface area contributed by atoms with Gasteiger partial charge in [0.1, 0.15) is 24.0 Å². The van der Waals surface area contributed by atoms with Crippen molar-refractivity contribution in [2.75, 3.05) is 6.61 Å². The van der Waals surface area contributed by atoms with Crippen LogP contribution in [0.4, 0.5) is 0 Å². The summed E-state index contributed by atoms with van der Waals surface area (Å²) in [7, 11) is 0. The second-order valence-electron chi connectivity index (χ2n) is 4.38. The van der Waals surface area contributed by atoms with Crippen LogP contribution in [0.25, 0.3) is 0 Å². The summed E-state index contributed by atoms with van der Waals surface area (Å²) in [6.07, 6.45) is 1.06. The number of nitrogens with zero attached hydrogens (tertiary/aromatic N) is 1. The highest BCUT2D eigenvalue weighted by atomic mass is 16.5. The van der Waals surface area contributed by atoms with E-state index in [1.54, 1.807) is 24.3 Å². The number of fused-ring (bicyclic) bond motifs is 1. The molecule has 3 rings (SSSR count). The molecule has 1 aromatic carbocycles. The van der Waals surface area contributed by atoms with E-state index in [0.717, 1.165) is 11.8 Å². The Kier molecular flexibility index (Phi) is 2.67. The average Bonchev–Trinajstić information content (AvgIpc) is 2.82. The lowest BCUT2D eigenvalue weighted by molar-refractivity contribution is 0.0693. The number of aromatic carboxylic acids is 1. The number of carboxylic acid groups (broad SMARTS) is 1. The molecule has 7 nitrogen and oxygen atoms in total. The molecule has 0 radical (unpaired) electrons. The summed E-state index contributed by atoms with van der Waals surface area (Å²) >= 11 is 0. The molecule has 0 spiro atoms. The topological polar surface area (TPSA) is 101 Å². The monoisotopic (exact) mass is 274 g/mol. The van der Waals surface area contributed by atoms with Gasteiger partial charge < -0.3 is 9.84 Å². The van der Waals surface area contributed by atoms with E-state index in [2.05, 4.69) is 0 Å². The minimum Gasteiger partial charge on any atom is -0.491 e. The lowest BCUT2D eigenvalue weighted by Gasteiger charge is -2.12. The van der Waals surface area contributed by atoms with Crippen molar-refractivity contribution in [3.8, 4) is 5.75 Å². The summed E-state index contributed by atoms with van der Waals surface area (Å²) in [5, 5.41) is 8.95. The quantitative estimate of drug-likeness (QED) is 0.815.